The molecular weight excluding hydrogens is 228 g/mol. The Hall–Kier alpha value is -1.39. The molecule has 0 aromatic heterocycles. The highest BCUT2D eigenvalue weighted by molar-refractivity contribution is 5.83. The number of rotatable bonds is 3. The fourth-order valence-corrected chi connectivity index (χ4v) is 2.32. The van der Waals surface area contributed by atoms with E-state index in [-0.39, 0.29) is 18.1 Å². The highest BCUT2D eigenvalue weighted by Crippen LogP contribution is 2.19. The zero-order chi connectivity index (χ0) is 13.0. The molecule has 1 aromatic rings. The van der Waals surface area contributed by atoms with E-state index < -0.39 is 6.04 Å². The average Bonchev–Trinajstić information content (AvgIpc) is 2.41. The highest BCUT2D eigenvalue weighted by Gasteiger charge is 2.23. The van der Waals surface area contributed by atoms with Crippen LogP contribution >= 0.6 is 0 Å². The van der Waals surface area contributed by atoms with Crippen LogP contribution in [0.5, 0.6) is 0 Å². The topological polar surface area (TPSA) is 75.4 Å². The molecule has 4 N–H and O–H groups in total. The number of hydrogen-bond donors (Lipinski definition) is 3. The number of amides is 1. The maximum atomic E-state index is 12.0. The number of aliphatic hydroxyl groups is 1. The Labute approximate surface area is 107 Å². The first-order chi connectivity index (χ1) is 8.66. The van der Waals surface area contributed by atoms with E-state index in [1.165, 1.54) is 0 Å². The zero-order valence-electron chi connectivity index (χ0n) is 10.4. The first kappa shape index (κ1) is 13.1. The van der Waals surface area contributed by atoms with Gasteiger partial charge in [0.2, 0.25) is 5.91 Å². The molecule has 4 nitrogen and oxygen atoms in total. The number of carbonyl (C=O) groups is 1. The Morgan fingerprint density at radius 1 is 1.22 bits per heavy atom. The number of benzene rings is 1. The minimum absolute atomic E-state index is 0.136. The van der Waals surface area contributed by atoms with Crippen molar-refractivity contribution in [3.05, 3.63) is 35.9 Å². The van der Waals surface area contributed by atoms with Crippen molar-refractivity contribution in [1.29, 1.82) is 0 Å². The number of carbonyl (C=O) groups excluding carboxylic acids is 1. The van der Waals surface area contributed by atoms with Crippen molar-refractivity contribution in [3.63, 3.8) is 0 Å². The lowest BCUT2D eigenvalue weighted by Crippen LogP contribution is -2.43. The molecule has 1 atom stereocenters. The molecule has 0 radical (unpaired) electrons. The van der Waals surface area contributed by atoms with Gasteiger partial charge in [-0.05, 0) is 31.2 Å². The van der Waals surface area contributed by atoms with Crippen molar-refractivity contribution in [2.45, 2.75) is 43.9 Å². The van der Waals surface area contributed by atoms with Crippen molar-refractivity contribution in [2.75, 3.05) is 0 Å². The zero-order valence-corrected chi connectivity index (χ0v) is 10.4. The Morgan fingerprint density at radius 2 is 1.83 bits per heavy atom. The number of hydrogen-bond acceptors (Lipinski definition) is 3. The third-order valence-electron chi connectivity index (χ3n) is 3.48. The van der Waals surface area contributed by atoms with Gasteiger partial charge in [0.15, 0.2) is 0 Å². The van der Waals surface area contributed by atoms with Crippen LogP contribution in [0.1, 0.15) is 37.3 Å². The summed E-state index contributed by atoms with van der Waals surface area (Å²) in [6, 6.07) is 8.90. The third-order valence-corrected chi connectivity index (χ3v) is 3.48. The van der Waals surface area contributed by atoms with E-state index >= 15 is 0 Å². The molecule has 0 spiro atoms. The van der Waals surface area contributed by atoms with Crippen LogP contribution < -0.4 is 11.1 Å². The molecule has 0 saturated heterocycles. The van der Waals surface area contributed by atoms with E-state index in [1.807, 2.05) is 30.3 Å². The first-order valence-electron chi connectivity index (χ1n) is 6.46. The summed E-state index contributed by atoms with van der Waals surface area (Å²) in [7, 11) is 0. The Balaban J connectivity index is 1.88. The summed E-state index contributed by atoms with van der Waals surface area (Å²) in [6.45, 7) is 0. The number of aliphatic hydroxyl groups excluding tert-OH is 1. The summed E-state index contributed by atoms with van der Waals surface area (Å²) < 4.78 is 0. The summed E-state index contributed by atoms with van der Waals surface area (Å²) in [5.74, 6) is -0.136. The van der Waals surface area contributed by atoms with Gasteiger partial charge in [-0.1, -0.05) is 30.3 Å². The lowest BCUT2D eigenvalue weighted by molar-refractivity contribution is -0.123. The maximum absolute atomic E-state index is 12.0. The molecule has 1 saturated carbocycles. The van der Waals surface area contributed by atoms with Gasteiger partial charge in [-0.15, -0.1) is 0 Å². The van der Waals surface area contributed by atoms with E-state index in [0.717, 1.165) is 31.2 Å². The van der Waals surface area contributed by atoms with Gasteiger partial charge in [-0.2, -0.15) is 0 Å². The second-order valence-electron chi connectivity index (χ2n) is 4.90. The smallest absolute Gasteiger partial charge is 0.241 e. The third kappa shape index (κ3) is 3.31. The maximum Gasteiger partial charge on any atom is 0.241 e. The van der Waals surface area contributed by atoms with Gasteiger partial charge in [-0.25, -0.2) is 0 Å². The van der Waals surface area contributed by atoms with Crippen molar-refractivity contribution in [3.8, 4) is 0 Å². The molecule has 0 heterocycles. The fraction of sp³-hybridized carbons (Fsp3) is 0.500. The Morgan fingerprint density at radius 3 is 2.44 bits per heavy atom. The monoisotopic (exact) mass is 248 g/mol. The summed E-state index contributed by atoms with van der Waals surface area (Å²) in [4.78, 5) is 12.0. The molecule has 0 aliphatic heterocycles. The lowest BCUT2D eigenvalue weighted by atomic mass is 9.93. The minimum atomic E-state index is -0.613. The van der Waals surface area contributed by atoms with Crippen LogP contribution in [0.3, 0.4) is 0 Å². The molecule has 98 valence electrons. The van der Waals surface area contributed by atoms with Crippen molar-refractivity contribution in [2.24, 2.45) is 5.73 Å². The molecule has 1 aliphatic carbocycles. The van der Waals surface area contributed by atoms with E-state index in [0.29, 0.717) is 0 Å². The summed E-state index contributed by atoms with van der Waals surface area (Å²) in [5.41, 5.74) is 6.75. The van der Waals surface area contributed by atoms with Crippen LogP contribution in [-0.4, -0.2) is 23.2 Å². The van der Waals surface area contributed by atoms with Crippen molar-refractivity contribution < 1.29 is 9.90 Å². The first-order valence-corrected chi connectivity index (χ1v) is 6.46. The van der Waals surface area contributed by atoms with Crippen LogP contribution in [0.4, 0.5) is 0 Å². The summed E-state index contributed by atoms with van der Waals surface area (Å²) in [6.07, 6.45) is 2.96. The normalized spacial score (nSPS) is 25.4. The molecule has 1 fully saturated rings. The predicted molar refractivity (Wildman–Crippen MR) is 69.8 cm³/mol. The quantitative estimate of drug-likeness (QED) is 0.750. The van der Waals surface area contributed by atoms with Crippen molar-refractivity contribution >= 4 is 5.91 Å². The van der Waals surface area contributed by atoms with Crippen LogP contribution in [-0.2, 0) is 4.79 Å². The standard InChI is InChI=1S/C14H20N2O2/c15-13(10-4-2-1-3-5-10)14(18)16-11-6-8-12(17)9-7-11/h1-5,11-13,17H,6-9,15H2,(H,16,18)/t11?,12?,13-/m0/s1. The van der Waals surface area contributed by atoms with Gasteiger partial charge in [-0.3, -0.25) is 4.79 Å². The molecule has 4 heteroatoms. The molecular formula is C14H20N2O2. The summed E-state index contributed by atoms with van der Waals surface area (Å²) >= 11 is 0. The van der Waals surface area contributed by atoms with Gasteiger partial charge < -0.3 is 16.2 Å². The Bertz CT molecular complexity index is 386. The molecule has 1 aromatic carbocycles. The van der Waals surface area contributed by atoms with Gasteiger partial charge in [0, 0.05) is 6.04 Å². The van der Waals surface area contributed by atoms with Gasteiger partial charge in [0.05, 0.1) is 6.10 Å². The van der Waals surface area contributed by atoms with E-state index in [2.05, 4.69) is 5.32 Å². The largest absolute Gasteiger partial charge is 0.393 e. The average molecular weight is 248 g/mol. The van der Waals surface area contributed by atoms with Crippen molar-refractivity contribution in [1.82, 2.24) is 5.32 Å². The molecule has 2 rings (SSSR count). The number of nitrogens with one attached hydrogen (secondary N) is 1. The van der Waals surface area contributed by atoms with Crippen LogP contribution in [0.15, 0.2) is 30.3 Å². The fourth-order valence-electron chi connectivity index (χ4n) is 2.32. The second kappa shape index (κ2) is 5.98. The molecule has 0 unspecified atom stereocenters. The van der Waals surface area contributed by atoms with Crippen LogP contribution in [0.2, 0.25) is 0 Å². The van der Waals surface area contributed by atoms with Gasteiger partial charge in [0.1, 0.15) is 6.04 Å². The summed E-state index contributed by atoms with van der Waals surface area (Å²) in [5, 5.41) is 12.4. The molecule has 1 amide bonds. The Kier molecular flexibility index (Phi) is 4.33. The SMILES string of the molecule is N[C@H](C(=O)NC1CCC(O)CC1)c1ccccc1. The van der Waals surface area contributed by atoms with E-state index in [9.17, 15) is 9.90 Å². The van der Waals surface area contributed by atoms with Gasteiger partial charge >= 0.3 is 0 Å². The molecule has 1 aliphatic rings. The van der Waals surface area contributed by atoms with Gasteiger partial charge in [0.25, 0.3) is 0 Å². The predicted octanol–water partition coefficient (Wildman–Crippen LogP) is 1.11. The molecule has 18 heavy (non-hydrogen) atoms. The molecule has 0 bridgehead atoms. The number of nitrogens with two attached hydrogens (primary N) is 1. The van der Waals surface area contributed by atoms with E-state index in [1.54, 1.807) is 0 Å². The minimum Gasteiger partial charge on any atom is -0.393 e. The lowest BCUT2D eigenvalue weighted by Gasteiger charge is -2.27. The second-order valence-corrected chi connectivity index (χ2v) is 4.90. The highest BCUT2D eigenvalue weighted by atomic mass is 16.3. The van der Waals surface area contributed by atoms with Crippen LogP contribution in [0.25, 0.3) is 0 Å². The van der Waals surface area contributed by atoms with Crippen LogP contribution in [0, 0.1) is 0 Å². The van der Waals surface area contributed by atoms with E-state index in [4.69, 9.17) is 5.73 Å².